The van der Waals surface area contributed by atoms with Crippen LogP contribution in [0, 0.1) is 11.7 Å². The Morgan fingerprint density at radius 3 is 2.50 bits per heavy atom. The molecule has 0 spiro atoms. The van der Waals surface area contributed by atoms with Crippen LogP contribution in [0.25, 0.3) is 0 Å². The lowest BCUT2D eigenvalue weighted by Crippen LogP contribution is -2.31. The third kappa shape index (κ3) is 5.31. The van der Waals surface area contributed by atoms with Gasteiger partial charge in [0.15, 0.2) is 0 Å². The van der Waals surface area contributed by atoms with Crippen LogP contribution in [0.15, 0.2) is 48.5 Å². The summed E-state index contributed by atoms with van der Waals surface area (Å²) in [6, 6.07) is 13.2. The lowest BCUT2D eigenvalue weighted by Gasteiger charge is -2.17. The number of hydrogen-bond acceptors (Lipinski definition) is 3. The number of nitrogens with one attached hydrogen (secondary N) is 1. The first kappa shape index (κ1) is 19.9. The van der Waals surface area contributed by atoms with Gasteiger partial charge in [0.2, 0.25) is 5.91 Å². The molecule has 2 aromatic carbocycles. The van der Waals surface area contributed by atoms with E-state index in [2.05, 4.69) is 5.32 Å². The molecule has 0 radical (unpaired) electrons. The Morgan fingerprint density at radius 1 is 1.18 bits per heavy atom. The SMILES string of the molecule is CC(C)Oc1ccc(C(=O)NCC2CC(=O)N(Cc3ccc(F)cc3)C2)cc1. The van der Waals surface area contributed by atoms with E-state index in [9.17, 15) is 14.0 Å². The zero-order valence-corrected chi connectivity index (χ0v) is 16.2. The number of likely N-dealkylation sites (tertiary alicyclic amines) is 1. The highest BCUT2D eigenvalue weighted by Gasteiger charge is 2.29. The molecule has 2 aromatic rings. The molecule has 1 fully saturated rings. The quantitative estimate of drug-likeness (QED) is 0.796. The number of carbonyl (C=O) groups excluding carboxylic acids is 2. The van der Waals surface area contributed by atoms with Gasteiger partial charge in [0, 0.05) is 37.5 Å². The van der Waals surface area contributed by atoms with E-state index >= 15 is 0 Å². The predicted octanol–water partition coefficient (Wildman–Crippen LogP) is 3.39. The number of ether oxygens (including phenoxy) is 1. The molecule has 1 saturated heterocycles. The smallest absolute Gasteiger partial charge is 0.251 e. The van der Waals surface area contributed by atoms with Crippen molar-refractivity contribution in [3.05, 3.63) is 65.5 Å². The molecule has 0 bridgehead atoms. The molecule has 1 N–H and O–H groups in total. The second-order valence-corrected chi connectivity index (χ2v) is 7.37. The summed E-state index contributed by atoms with van der Waals surface area (Å²) in [4.78, 5) is 26.3. The summed E-state index contributed by atoms with van der Waals surface area (Å²) in [5.41, 5.74) is 1.45. The van der Waals surface area contributed by atoms with Gasteiger partial charge in [-0.15, -0.1) is 0 Å². The summed E-state index contributed by atoms with van der Waals surface area (Å²) >= 11 is 0. The van der Waals surface area contributed by atoms with Gasteiger partial charge in [0.1, 0.15) is 11.6 Å². The fourth-order valence-electron chi connectivity index (χ4n) is 3.25. The normalized spacial score (nSPS) is 16.5. The molecule has 0 aromatic heterocycles. The molecule has 1 aliphatic rings. The van der Waals surface area contributed by atoms with Gasteiger partial charge in [-0.1, -0.05) is 12.1 Å². The van der Waals surface area contributed by atoms with E-state index < -0.39 is 0 Å². The zero-order chi connectivity index (χ0) is 20.1. The van der Waals surface area contributed by atoms with E-state index in [0.29, 0.717) is 31.6 Å². The number of hydrogen-bond donors (Lipinski definition) is 1. The van der Waals surface area contributed by atoms with Crippen molar-refractivity contribution in [2.75, 3.05) is 13.1 Å². The van der Waals surface area contributed by atoms with E-state index in [0.717, 1.165) is 11.3 Å². The molecule has 5 nitrogen and oxygen atoms in total. The molecule has 2 amide bonds. The molecule has 3 rings (SSSR count). The van der Waals surface area contributed by atoms with Crippen LogP contribution >= 0.6 is 0 Å². The highest BCUT2D eigenvalue weighted by molar-refractivity contribution is 5.94. The number of halogens is 1. The van der Waals surface area contributed by atoms with Crippen molar-refractivity contribution in [2.24, 2.45) is 5.92 Å². The zero-order valence-electron chi connectivity index (χ0n) is 16.2. The van der Waals surface area contributed by atoms with Crippen molar-refractivity contribution in [3.8, 4) is 5.75 Å². The average molecular weight is 384 g/mol. The van der Waals surface area contributed by atoms with Gasteiger partial charge < -0.3 is 15.0 Å². The minimum atomic E-state index is -0.291. The van der Waals surface area contributed by atoms with E-state index in [4.69, 9.17) is 4.74 Å². The highest BCUT2D eigenvalue weighted by atomic mass is 19.1. The minimum Gasteiger partial charge on any atom is -0.491 e. The molecule has 1 unspecified atom stereocenters. The number of nitrogens with zero attached hydrogens (tertiary/aromatic N) is 1. The molecule has 1 atom stereocenters. The van der Waals surface area contributed by atoms with Crippen LogP contribution in [-0.2, 0) is 11.3 Å². The van der Waals surface area contributed by atoms with Crippen LogP contribution in [0.5, 0.6) is 5.75 Å². The third-order valence-corrected chi connectivity index (χ3v) is 4.62. The Hall–Kier alpha value is -2.89. The average Bonchev–Trinajstić information content (AvgIpc) is 3.01. The standard InChI is InChI=1S/C22H25FN2O3/c1-15(2)28-20-9-5-18(6-10-20)22(27)24-12-17-11-21(26)25(14-17)13-16-3-7-19(23)8-4-16/h3-10,15,17H,11-14H2,1-2H3,(H,24,27). The first-order valence-corrected chi connectivity index (χ1v) is 9.48. The molecule has 0 saturated carbocycles. The van der Waals surface area contributed by atoms with E-state index in [1.54, 1.807) is 41.3 Å². The predicted molar refractivity (Wildman–Crippen MR) is 104 cm³/mol. The van der Waals surface area contributed by atoms with Crippen LogP contribution in [0.1, 0.15) is 36.2 Å². The highest BCUT2D eigenvalue weighted by Crippen LogP contribution is 2.20. The number of benzene rings is 2. The van der Waals surface area contributed by atoms with Gasteiger partial charge in [0.05, 0.1) is 6.10 Å². The summed E-state index contributed by atoms with van der Waals surface area (Å²) in [7, 11) is 0. The van der Waals surface area contributed by atoms with Gasteiger partial charge >= 0.3 is 0 Å². The largest absolute Gasteiger partial charge is 0.491 e. The van der Waals surface area contributed by atoms with Crippen molar-refractivity contribution in [1.29, 1.82) is 0 Å². The lowest BCUT2D eigenvalue weighted by atomic mass is 10.1. The van der Waals surface area contributed by atoms with Crippen molar-refractivity contribution in [1.82, 2.24) is 10.2 Å². The van der Waals surface area contributed by atoms with Crippen LogP contribution < -0.4 is 10.1 Å². The van der Waals surface area contributed by atoms with Gasteiger partial charge in [0.25, 0.3) is 5.91 Å². The number of rotatable bonds is 7. The van der Waals surface area contributed by atoms with E-state index in [1.165, 1.54) is 12.1 Å². The Morgan fingerprint density at radius 2 is 1.86 bits per heavy atom. The van der Waals surface area contributed by atoms with Gasteiger partial charge in [-0.3, -0.25) is 9.59 Å². The van der Waals surface area contributed by atoms with Crippen molar-refractivity contribution in [3.63, 3.8) is 0 Å². The molecule has 1 heterocycles. The van der Waals surface area contributed by atoms with Crippen molar-refractivity contribution < 1.29 is 18.7 Å². The maximum Gasteiger partial charge on any atom is 0.251 e. The van der Waals surface area contributed by atoms with Gasteiger partial charge in [-0.25, -0.2) is 4.39 Å². The van der Waals surface area contributed by atoms with Crippen LogP contribution in [0.2, 0.25) is 0 Å². The minimum absolute atomic E-state index is 0.0544. The summed E-state index contributed by atoms with van der Waals surface area (Å²) in [5, 5.41) is 2.91. The maximum atomic E-state index is 13.0. The summed E-state index contributed by atoms with van der Waals surface area (Å²) in [6.07, 6.45) is 0.486. The van der Waals surface area contributed by atoms with Crippen molar-refractivity contribution >= 4 is 11.8 Å². The Balaban J connectivity index is 1.48. The molecule has 0 aliphatic carbocycles. The topological polar surface area (TPSA) is 58.6 Å². The summed E-state index contributed by atoms with van der Waals surface area (Å²) in [5.74, 6) is 0.394. The maximum absolute atomic E-state index is 13.0. The second kappa shape index (κ2) is 8.87. The fraction of sp³-hybridized carbons (Fsp3) is 0.364. The van der Waals surface area contributed by atoms with Crippen LogP contribution in [-0.4, -0.2) is 35.9 Å². The number of amides is 2. The Labute approximate surface area is 164 Å². The molecule has 148 valence electrons. The van der Waals surface area contributed by atoms with Gasteiger partial charge in [-0.05, 0) is 55.8 Å². The molecule has 6 heteroatoms. The molecule has 28 heavy (non-hydrogen) atoms. The fourth-order valence-corrected chi connectivity index (χ4v) is 3.25. The van der Waals surface area contributed by atoms with Crippen LogP contribution in [0.4, 0.5) is 4.39 Å². The molecular formula is C22H25FN2O3. The molecular weight excluding hydrogens is 359 g/mol. The monoisotopic (exact) mass is 384 g/mol. The van der Waals surface area contributed by atoms with E-state index in [1.807, 2.05) is 13.8 Å². The van der Waals surface area contributed by atoms with Crippen molar-refractivity contribution in [2.45, 2.75) is 32.9 Å². The number of carbonyl (C=O) groups is 2. The first-order chi connectivity index (χ1) is 13.4. The second-order valence-electron chi connectivity index (χ2n) is 7.37. The third-order valence-electron chi connectivity index (χ3n) is 4.62. The lowest BCUT2D eigenvalue weighted by molar-refractivity contribution is -0.128. The molecule has 1 aliphatic heterocycles. The Kier molecular flexibility index (Phi) is 6.29. The summed E-state index contributed by atoms with van der Waals surface area (Å²) < 4.78 is 18.6. The van der Waals surface area contributed by atoms with Crippen LogP contribution in [0.3, 0.4) is 0 Å². The van der Waals surface area contributed by atoms with E-state index in [-0.39, 0.29) is 29.7 Å². The summed E-state index contributed by atoms with van der Waals surface area (Å²) in [6.45, 7) is 5.37. The Bertz CT molecular complexity index is 819. The first-order valence-electron chi connectivity index (χ1n) is 9.48. The van der Waals surface area contributed by atoms with Gasteiger partial charge in [-0.2, -0.15) is 0 Å².